The molecule has 1 rings (SSSR count). The molecule has 49 valence electrons. The molecule has 0 saturated heterocycles. The lowest BCUT2D eigenvalue weighted by atomic mass is 10.0. The zero-order valence-corrected chi connectivity index (χ0v) is 5.22. The van der Waals surface area contributed by atoms with E-state index in [1.807, 2.05) is 0 Å². The van der Waals surface area contributed by atoms with Crippen LogP contribution in [0.4, 0.5) is 0 Å². The van der Waals surface area contributed by atoms with E-state index in [2.05, 4.69) is 0 Å². The third kappa shape index (κ3) is 1.56. The highest BCUT2D eigenvalue weighted by Gasteiger charge is 2.10. The summed E-state index contributed by atoms with van der Waals surface area (Å²) in [6.07, 6.45) is 5.49. The van der Waals surface area contributed by atoms with E-state index in [-0.39, 0.29) is 0 Å². The molecule has 0 aromatic rings. The summed E-state index contributed by atoms with van der Waals surface area (Å²) >= 11 is 0. The summed E-state index contributed by atoms with van der Waals surface area (Å²) in [5.74, 6) is -0.991. The molecule has 0 aliphatic heterocycles. The van der Waals surface area contributed by atoms with E-state index in [9.17, 15) is 9.90 Å². The summed E-state index contributed by atoms with van der Waals surface area (Å²) < 4.78 is 0. The molecule has 2 nitrogen and oxygen atoms in total. The average molecular weight is 125 g/mol. The minimum Gasteiger partial charge on any atom is -0.242 e. The average Bonchev–Trinajstić information content (AvgIpc) is 1.90. The lowest BCUT2D eigenvalue weighted by Gasteiger charge is -2.05. The summed E-state index contributed by atoms with van der Waals surface area (Å²) in [5.41, 5.74) is 0.487. The molecule has 9 heavy (non-hydrogen) atoms. The first-order valence-electron chi connectivity index (χ1n) is 3.21. The summed E-state index contributed by atoms with van der Waals surface area (Å²) in [4.78, 5) is 10.2. The molecule has 0 heterocycles. The van der Waals surface area contributed by atoms with Crippen molar-refractivity contribution in [3.8, 4) is 0 Å². The van der Waals surface area contributed by atoms with Crippen molar-refractivity contribution < 1.29 is 9.90 Å². The van der Waals surface area contributed by atoms with Crippen LogP contribution in [0.25, 0.3) is 0 Å². The predicted octanol–water partition coefficient (Wildman–Crippen LogP) is 1.44. The van der Waals surface area contributed by atoms with Gasteiger partial charge in [-0.25, -0.2) is 9.90 Å². The molecule has 2 heteroatoms. The molecule has 0 spiro atoms. The van der Waals surface area contributed by atoms with Crippen LogP contribution in [-0.2, 0) is 9.90 Å². The molecule has 0 atom stereocenters. The number of carbonyl (C=O) groups excluding carboxylic acids is 1. The van der Waals surface area contributed by atoms with E-state index in [0.717, 1.165) is 19.3 Å². The minimum atomic E-state index is -0.991. The summed E-state index contributed by atoms with van der Waals surface area (Å²) in [6.45, 7) is 0. The fourth-order valence-corrected chi connectivity index (χ4v) is 1.02. The van der Waals surface area contributed by atoms with E-state index >= 15 is 0 Å². The maximum absolute atomic E-state index is 10.2. The number of rotatable bonds is 1. The van der Waals surface area contributed by atoms with Crippen molar-refractivity contribution >= 4 is 5.97 Å². The Morgan fingerprint density at radius 2 is 2.22 bits per heavy atom. The molecule has 0 unspecified atom stereocenters. The van der Waals surface area contributed by atoms with Crippen molar-refractivity contribution in [3.05, 3.63) is 11.6 Å². The quantitative estimate of drug-likeness (QED) is 0.522. The van der Waals surface area contributed by atoms with Gasteiger partial charge in [-0.05, 0) is 25.7 Å². The van der Waals surface area contributed by atoms with E-state index in [4.69, 9.17) is 0 Å². The van der Waals surface area contributed by atoms with Gasteiger partial charge in [0.05, 0.1) is 0 Å². The summed E-state index contributed by atoms with van der Waals surface area (Å²) in [7, 11) is 0. The molecule has 0 saturated carbocycles. The smallest absolute Gasteiger partial charge is 0.242 e. The Morgan fingerprint density at radius 3 is 2.56 bits per heavy atom. The van der Waals surface area contributed by atoms with Gasteiger partial charge in [0.25, 0.3) is 0 Å². The van der Waals surface area contributed by atoms with Crippen molar-refractivity contribution in [1.29, 1.82) is 0 Å². The van der Waals surface area contributed by atoms with E-state index in [0.29, 0.717) is 12.0 Å². The van der Waals surface area contributed by atoms with Crippen LogP contribution in [-0.4, -0.2) is 5.97 Å². The lowest BCUT2D eigenvalue weighted by molar-refractivity contribution is -0.138. The van der Waals surface area contributed by atoms with E-state index in [1.165, 1.54) is 0 Å². The molecule has 0 N–H and O–H groups in total. The van der Waals surface area contributed by atoms with Crippen molar-refractivity contribution in [3.63, 3.8) is 0 Å². The van der Waals surface area contributed by atoms with Gasteiger partial charge in [-0.15, -0.1) is 0 Å². The van der Waals surface area contributed by atoms with Gasteiger partial charge in [0.15, 0.2) is 0 Å². The molecule has 0 aromatic heterocycles. The SMILES string of the molecule is [O]C(=O)C1=CCCCC1. The molecule has 1 aliphatic rings. The van der Waals surface area contributed by atoms with Gasteiger partial charge in [0.2, 0.25) is 0 Å². The van der Waals surface area contributed by atoms with Gasteiger partial charge in [-0.3, -0.25) is 0 Å². The highest BCUT2D eigenvalue weighted by atomic mass is 16.4. The molecule has 1 aliphatic carbocycles. The zero-order valence-electron chi connectivity index (χ0n) is 5.22. The van der Waals surface area contributed by atoms with Crippen LogP contribution >= 0.6 is 0 Å². The Labute approximate surface area is 54.2 Å². The second-order valence-corrected chi connectivity index (χ2v) is 2.26. The largest absolute Gasteiger partial charge is 0.382 e. The van der Waals surface area contributed by atoms with Crippen molar-refractivity contribution in [1.82, 2.24) is 0 Å². The Balaban J connectivity index is 2.57. The third-order valence-electron chi connectivity index (χ3n) is 1.55. The first-order chi connectivity index (χ1) is 4.30. The molecule has 0 aromatic carbocycles. The monoisotopic (exact) mass is 125 g/mol. The summed E-state index contributed by atoms with van der Waals surface area (Å²) in [6, 6.07) is 0. The van der Waals surface area contributed by atoms with Crippen molar-refractivity contribution in [2.24, 2.45) is 0 Å². The van der Waals surface area contributed by atoms with Gasteiger partial charge in [-0.2, -0.15) is 0 Å². The third-order valence-corrected chi connectivity index (χ3v) is 1.55. The molecule has 0 bridgehead atoms. The Kier molecular flexibility index (Phi) is 1.88. The number of hydrogen-bond donors (Lipinski definition) is 0. The Morgan fingerprint density at radius 1 is 1.44 bits per heavy atom. The van der Waals surface area contributed by atoms with Crippen LogP contribution in [0, 0.1) is 0 Å². The number of carbonyl (C=O) groups is 1. The first-order valence-corrected chi connectivity index (χ1v) is 3.21. The molecule has 0 amide bonds. The van der Waals surface area contributed by atoms with E-state index < -0.39 is 5.97 Å². The highest BCUT2D eigenvalue weighted by Crippen LogP contribution is 2.16. The van der Waals surface area contributed by atoms with Crippen LogP contribution in [0.1, 0.15) is 25.7 Å². The predicted molar refractivity (Wildman–Crippen MR) is 32.2 cm³/mol. The molecular weight excluding hydrogens is 116 g/mol. The standard InChI is InChI=1S/C7H9O2/c8-7(9)6-4-2-1-3-5-6/h4H,1-3,5H2. The second kappa shape index (κ2) is 2.67. The van der Waals surface area contributed by atoms with E-state index in [1.54, 1.807) is 6.08 Å². The highest BCUT2D eigenvalue weighted by molar-refractivity contribution is 5.86. The first kappa shape index (κ1) is 6.33. The Bertz CT molecular complexity index is 147. The van der Waals surface area contributed by atoms with Crippen LogP contribution in [0.2, 0.25) is 0 Å². The minimum absolute atomic E-state index is 0.487. The van der Waals surface area contributed by atoms with Crippen molar-refractivity contribution in [2.45, 2.75) is 25.7 Å². The number of hydrogen-bond acceptors (Lipinski definition) is 1. The summed E-state index contributed by atoms with van der Waals surface area (Å²) in [5, 5.41) is 10.2. The number of allylic oxidation sites excluding steroid dienone is 1. The fraction of sp³-hybridized carbons (Fsp3) is 0.571. The van der Waals surface area contributed by atoms with Crippen LogP contribution in [0.5, 0.6) is 0 Å². The second-order valence-electron chi connectivity index (χ2n) is 2.26. The molecule has 0 fully saturated rings. The van der Waals surface area contributed by atoms with Crippen LogP contribution in [0.15, 0.2) is 11.6 Å². The van der Waals surface area contributed by atoms with Crippen LogP contribution < -0.4 is 0 Å². The molecule has 1 radical (unpaired) electrons. The Hall–Kier alpha value is -0.790. The topological polar surface area (TPSA) is 37.0 Å². The van der Waals surface area contributed by atoms with Gasteiger partial charge in [0, 0.05) is 5.57 Å². The zero-order chi connectivity index (χ0) is 6.69. The van der Waals surface area contributed by atoms with Gasteiger partial charge in [0.1, 0.15) is 0 Å². The fourth-order valence-electron chi connectivity index (χ4n) is 1.02. The lowest BCUT2D eigenvalue weighted by Crippen LogP contribution is -2.01. The van der Waals surface area contributed by atoms with Crippen molar-refractivity contribution in [2.75, 3.05) is 0 Å². The maximum Gasteiger partial charge on any atom is 0.382 e. The maximum atomic E-state index is 10.2. The van der Waals surface area contributed by atoms with Gasteiger partial charge >= 0.3 is 5.97 Å². The van der Waals surface area contributed by atoms with Gasteiger partial charge < -0.3 is 0 Å². The van der Waals surface area contributed by atoms with Crippen LogP contribution in [0.3, 0.4) is 0 Å². The normalized spacial score (nSPS) is 18.9. The van der Waals surface area contributed by atoms with Gasteiger partial charge in [-0.1, -0.05) is 6.08 Å². The molecular formula is C7H9O2.